The summed E-state index contributed by atoms with van der Waals surface area (Å²) in [7, 11) is 0. The van der Waals surface area contributed by atoms with E-state index in [9.17, 15) is 22.8 Å². The molecular formula is C27H21F3N2O4. The van der Waals surface area contributed by atoms with Crippen LogP contribution in [0.3, 0.4) is 0 Å². The third-order valence-corrected chi connectivity index (χ3v) is 5.88. The van der Waals surface area contributed by atoms with Gasteiger partial charge >= 0.3 is 6.18 Å². The monoisotopic (exact) mass is 494 g/mol. The highest BCUT2D eigenvalue weighted by Gasteiger charge is 2.35. The van der Waals surface area contributed by atoms with Gasteiger partial charge in [-0.3, -0.25) is 9.59 Å². The highest BCUT2D eigenvalue weighted by atomic mass is 19.4. The molecule has 0 spiro atoms. The van der Waals surface area contributed by atoms with Crippen molar-refractivity contribution in [3.05, 3.63) is 89.0 Å². The average Bonchev–Trinajstić information content (AvgIpc) is 3.15. The van der Waals surface area contributed by atoms with Gasteiger partial charge < -0.3 is 20.1 Å². The minimum Gasteiger partial charge on any atom is -0.457 e. The van der Waals surface area contributed by atoms with Crippen LogP contribution in [0.5, 0.6) is 11.5 Å². The Morgan fingerprint density at radius 2 is 1.81 bits per heavy atom. The maximum Gasteiger partial charge on any atom is 0.420 e. The van der Waals surface area contributed by atoms with Crippen molar-refractivity contribution in [1.29, 1.82) is 0 Å². The van der Waals surface area contributed by atoms with E-state index >= 15 is 0 Å². The number of hydrogen-bond donors (Lipinski definition) is 2. The van der Waals surface area contributed by atoms with Crippen LogP contribution in [0, 0.1) is 0 Å². The zero-order chi connectivity index (χ0) is 25.3. The number of alkyl halides is 3. The van der Waals surface area contributed by atoms with Gasteiger partial charge in [0.25, 0.3) is 5.91 Å². The summed E-state index contributed by atoms with van der Waals surface area (Å²) in [5.74, 6) is -0.655. The summed E-state index contributed by atoms with van der Waals surface area (Å²) >= 11 is 0. The molecule has 1 atom stereocenters. The number of amides is 2. The van der Waals surface area contributed by atoms with E-state index in [1.54, 1.807) is 48.5 Å². The molecule has 5 rings (SSSR count). The van der Waals surface area contributed by atoms with Gasteiger partial charge in [-0.15, -0.1) is 0 Å². The third-order valence-electron chi connectivity index (χ3n) is 5.88. The summed E-state index contributed by atoms with van der Waals surface area (Å²) in [4.78, 5) is 23.8. The van der Waals surface area contributed by atoms with Gasteiger partial charge in [0.1, 0.15) is 18.1 Å². The minimum absolute atomic E-state index is 0.0429. The summed E-state index contributed by atoms with van der Waals surface area (Å²) < 4.78 is 52.5. The van der Waals surface area contributed by atoms with Gasteiger partial charge in [0, 0.05) is 16.8 Å². The molecular weight excluding hydrogens is 473 g/mol. The van der Waals surface area contributed by atoms with Crippen LogP contribution in [0.4, 0.5) is 18.9 Å². The lowest BCUT2D eigenvalue weighted by Crippen LogP contribution is -2.46. The van der Waals surface area contributed by atoms with Gasteiger partial charge in [-0.05, 0) is 54.0 Å². The van der Waals surface area contributed by atoms with Crippen LogP contribution in [0.2, 0.25) is 0 Å². The molecule has 3 aromatic rings. The Hall–Kier alpha value is -4.11. The van der Waals surface area contributed by atoms with Crippen LogP contribution < -0.4 is 15.4 Å². The van der Waals surface area contributed by atoms with Crippen LogP contribution >= 0.6 is 0 Å². The number of nitrogens with one attached hydrogen (secondary N) is 2. The predicted octanol–water partition coefficient (Wildman–Crippen LogP) is 5.05. The molecule has 0 aromatic heterocycles. The van der Waals surface area contributed by atoms with Crippen molar-refractivity contribution in [2.24, 2.45) is 0 Å². The lowest BCUT2D eigenvalue weighted by atomic mass is 10.0. The molecule has 36 heavy (non-hydrogen) atoms. The van der Waals surface area contributed by atoms with Crippen LogP contribution in [0.15, 0.2) is 66.7 Å². The zero-order valence-electron chi connectivity index (χ0n) is 18.9. The molecule has 0 bridgehead atoms. The fourth-order valence-corrected chi connectivity index (χ4v) is 4.22. The molecule has 2 heterocycles. The quantitative estimate of drug-likeness (QED) is 0.487. The molecule has 0 radical (unpaired) electrons. The second-order valence-electron chi connectivity index (χ2n) is 8.54. The maximum absolute atomic E-state index is 13.9. The Labute approximate surface area is 204 Å². The molecule has 3 aromatic carbocycles. The van der Waals surface area contributed by atoms with E-state index < -0.39 is 11.7 Å². The Balaban J connectivity index is 1.37. The summed E-state index contributed by atoms with van der Waals surface area (Å²) in [5.41, 5.74) is 1.70. The molecule has 184 valence electrons. The van der Waals surface area contributed by atoms with Crippen LogP contribution in [-0.4, -0.2) is 31.1 Å². The Morgan fingerprint density at radius 1 is 1.03 bits per heavy atom. The van der Waals surface area contributed by atoms with E-state index in [1.165, 1.54) is 18.2 Å². The molecule has 0 saturated carbocycles. The number of halogens is 3. The van der Waals surface area contributed by atoms with Gasteiger partial charge in [-0.2, -0.15) is 13.2 Å². The molecule has 6 nitrogen and oxygen atoms in total. The van der Waals surface area contributed by atoms with Crippen molar-refractivity contribution in [3.63, 3.8) is 0 Å². The molecule has 2 N–H and O–H groups in total. The first-order valence-corrected chi connectivity index (χ1v) is 11.2. The molecule has 2 aliphatic rings. The number of carbonyl (C=O) groups excluding carboxylic acids is 2. The summed E-state index contributed by atoms with van der Waals surface area (Å²) in [6, 6.07) is 17.2. The van der Waals surface area contributed by atoms with Crippen molar-refractivity contribution in [3.8, 4) is 11.5 Å². The lowest BCUT2D eigenvalue weighted by molar-refractivity contribution is -0.138. The number of ether oxygens (including phenoxy) is 2. The topological polar surface area (TPSA) is 76.7 Å². The highest BCUT2D eigenvalue weighted by molar-refractivity contribution is 6.34. The SMILES string of the molecule is O=C1COCC(Cc2ccc(Oc3ccc(/C=C4/C(=O)Nc5ccccc54)cc3C(F)(F)F)cc2)N1. The zero-order valence-corrected chi connectivity index (χ0v) is 18.9. The number of fused-ring (bicyclic) bond motifs is 1. The first-order valence-electron chi connectivity index (χ1n) is 11.2. The predicted molar refractivity (Wildman–Crippen MR) is 127 cm³/mol. The maximum atomic E-state index is 13.9. The van der Waals surface area contributed by atoms with Crippen molar-refractivity contribution >= 4 is 29.2 Å². The van der Waals surface area contributed by atoms with Gasteiger partial charge in [0.05, 0.1) is 18.2 Å². The van der Waals surface area contributed by atoms with Gasteiger partial charge in [-0.25, -0.2) is 0 Å². The first-order chi connectivity index (χ1) is 17.3. The molecule has 2 aliphatic heterocycles. The van der Waals surface area contributed by atoms with Crippen molar-refractivity contribution < 1.29 is 32.2 Å². The average molecular weight is 494 g/mol. The normalized spacial score (nSPS) is 18.5. The fourth-order valence-electron chi connectivity index (χ4n) is 4.22. The Morgan fingerprint density at radius 3 is 2.56 bits per heavy atom. The molecule has 9 heteroatoms. The number of rotatable bonds is 5. The highest BCUT2D eigenvalue weighted by Crippen LogP contribution is 2.40. The largest absolute Gasteiger partial charge is 0.457 e. The number of carbonyl (C=O) groups is 2. The van der Waals surface area contributed by atoms with E-state index in [-0.39, 0.29) is 41.5 Å². The van der Waals surface area contributed by atoms with Gasteiger partial charge in [0.2, 0.25) is 5.91 Å². The van der Waals surface area contributed by atoms with E-state index in [1.807, 2.05) is 0 Å². The third kappa shape index (κ3) is 5.11. The summed E-state index contributed by atoms with van der Waals surface area (Å²) in [6.07, 6.45) is -2.71. The standard InChI is InChI=1S/C27H21F3N2O4/c28-27(29,30)22-13-17(12-21-20-3-1-2-4-23(20)32-26(21)34)7-10-24(22)36-19-8-5-16(6-9-19)11-18-14-35-15-25(33)31-18/h1-10,12-13,18H,11,14-15H2,(H,31,33)(H,32,34)/b21-12+. The second kappa shape index (κ2) is 9.50. The smallest absolute Gasteiger partial charge is 0.420 e. The summed E-state index contributed by atoms with van der Waals surface area (Å²) in [6.45, 7) is 0.440. The molecule has 1 unspecified atom stereocenters. The van der Waals surface area contributed by atoms with Gasteiger partial charge in [-0.1, -0.05) is 36.4 Å². The van der Waals surface area contributed by atoms with Crippen molar-refractivity contribution in [2.75, 3.05) is 18.5 Å². The van der Waals surface area contributed by atoms with Crippen LogP contribution in [0.25, 0.3) is 11.6 Å². The number of morpholine rings is 1. The van der Waals surface area contributed by atoms with E-state index in [4.69, 9.17) is 9.47 Å². The van der Waals surface area contributed by atoms with Crippen molar-refractivity contribution in [1.82, 2.24) is 5.32 Å². The van der Waals surface area contributed by atoms with Crippen LogP contribution in [0.1, 0.15) is 22.3 Å². The van der Waals surface area contributed by atoms with E-state index in [0.29, 0.717) is 29.9 Å². The van der Waals surface area contributed by atoms with Crippen LogP contribution in [-0.2, 0) is 26.9 Å². The lowest BCUT2D eigenvalue weighted by Gasteiger charge is -2.23. The van der Waals surface area contributed by atoms with Gasteiger partial charge in [0.15, 0.2) is 0 Å². The van der Waals surface area contributed by atoms with E-state index in [2.05, 4.69) is 10.6 Å². The Kier molecular flexibility index (Phi) is 6.24. The van der Waals surface area contributed by atoms with E-state index in [0.717, 1.165) is 11.6 Å². The molecule has 1 fully saturated rings. The number of benzene rings is 3. The molecule has 2 amide bonds. The first kappa shape index (κ1) is 23.6. The molecule has 0 aliphatic carbocycles. The second-order valence-corrected chi connectivity index (χ2v) is 8.54. The number of anilines is 1. The summed E-state index contributed by atoms with van der Waals surface area (Å²) in [5, 5.41) is 5.54. The molecule has 1 saturated heterocycles. The minimum atomic E-state index is -4.67. The number of para-hydroxylation sites is 1. The fraction of sp³-hybridized carbons (Fsp3) is 0.185. The number of hydrogen-bond acceptors (Lipinski definition) is 4. The Bertz CT molecular complexity index is 1350. The van der Waals surface area contributed by atoms with Crippen molar-refractivity contribution in [2.45, 2.75) is 18.6 Å².